The third-order valence-electron chi connectivity index (χ3n) is 3.81. The summed E-state index contributed by atoms with van der Waals surface area (Å²) in [5.41, 5.74) is 1.26. The molecule has 7 nitrogen and oxygen atoms in total. The molecule has 0 spiro atoms. The molecule has 0 aliphatic carbocycles. The minimum absolute atomic E-state index is 0.293. The standard InChI is InChI=1S/C18H17N3O4S/c1-20(8-13-6-7-26-11-13)16(22)10-25-17(23)9-21-12-19-15-5-3-2-4-14(15)18(21)24/h2-7,11-12H,8-10H2,1H3. The maximum atomic E-state index is 12.3. The molecule has 134 valence electrons. The van der Waals surface area contributed by atoms with Gasteiger partial charge in [-0.1, -0.05) is 12.1 Å². The van der Waals surface area contributed by atoms with Gasteiger partial charge in [-0.05, 0) is 34.5 Å². The predicted molar refractivity (Wildman–Crippen MR) is 97.8 cm³/mol. The number of rotatable bonds is 6. The van der Waals surface area contributed by atoms with Crippen molar-refractivity contribution >= 4 is 34.1 Å². The number of ether oxygens (including phenoxy) is 1. The number of benzene rings is 1. The van der Waals surface area contributed by atoms with Crippen molar-refractivity contribution in [3.05, 3.63) is 63.3 Å². The van der Waals surface area contributed by atoms with E-state index in [4.69, 9.17) is 4.74 Å². The van der Waals surface area contributed by atoms with Gasteiger partial charge in [0.2, 0.25) is 0 Å². The molecule has 0 bridgehead atoms. The molecule has 3 aromatic rings. The quantitative estimate of drug-likeness (QED) is 0.616. The van der Waals surface area contributed by atoms with Crippen molar-refractivity contribution in [2.24, 2.45) is 0 Å². The molecule has 1 amide bonds. The smallest absolute Gasteiger partial charge is 0.326 e. The number of hydrogen-bond donors (Lipinski definition) is 0. The summed E-state index contributed by atoms with van der Waals surface area (Å²) in [4.78, 5) is 42.0. The number of likely N-dealkylation sites (N-methyl/N-ethyl adjacent to an activating group) is 1. The van der Waals surface area contributed by atoms with Gasteiger partial charge in [0.05, 0.1) is 17.2 Å². The van der Waals surface area contributed by atoms with Crippen LogP contribution in [0.4, 0.5) is 0 Å². The van der Waals surface area contributed by atoms with E-state index in [1.165, 1.54) is 15.8 Å². The Hall–Kier alpha value is -3.00. The Morgan fingerprint density at radius 3 is 2.85 bits per heavy atom. The summed E-state index contributed by atoms with van der Waals surface area (Å²) in [7, 11) is 1.64. The summed E-state index contributed by atoms with van der Waals surface area (Å²) in [6, 6.07) is 8.82. The summed E-state index contributed by atoms with van der Waals surface area (Å²) in [5.74, 6) is -0.977. The second kappa shape index (κ2) is 7.92. The highest BCUT2D eigenvalue weighted by Crippen LogP contribution is 2.08. The van der Waals surface area contributed by atoms with Crippen molar-refractivity contribution in [2.75, 3.05) is 13.7 Å². The summed E-state index contributed by atoms with van der Waals surface area (Å²) in [6.45, 7) is -0.207. The molecule has 0 fully saturated rings. The number of fused-ring (bicyclic) bond motifs is 1. The van der Waals surface area contributed by atoms with Gasteiger partial charge in [0.1, 0.15) is 6.54 Å². The van der Waals surface area contributed by atoms with E-state index in [9.17, 15) is 14.4 Å². The van der Waals surface area contributed by atoms with Crippen LogP contribution in [0.3, 0.4) is 0 Å². The Balaban J connectivity index is 1.56. The monoisotopic (exact) mass is 371 g/mol. The molecular weight excluding hydrogens is 354 g/mol. The van der Waals surface area contributed by atoms with Crippen LogP contribution >= 0.6 is 11.3 Å². The zero-order valence-electron chi connectivity index (χ0n) is 14.1. The molecule has 0 aliphatic heterocycles. The normalized spacial score (nSPS) is 10.7. The van der Waals surface area contributed by atoms with Crippen LogP contribution < -0.4 is 5.56 Å². The van der Waals surface area contributed by atoms with E-state index >= 15 is 0 Å². The molecule has 0 atom stereocenters. The van der Waals surface area contributed by atoms with E-state index in [2.05, 4.69) is 4.98 Å². The lowest BCUT2D eigenvalue weighted by atomic mass is 10.2. The number of para-hydroxylation sites is 1. The molecule has 2 heterocycles. The first kappa shape index (κ1) is 17.8. The summed E-state index contributed by atoms with van der Waals surface area (Å²) >= 11 is 1.55. The maximum absolute atomic E-state index is 12.3. The Kier molecular flexibility index (Phi) is 5.43. The molecule has 0 radical (unpaired) electrons. The molecule has 8 heteroatoms. The van der Waals surface area contributed by atoms with E-state index in [1.807, 2.05) is 16.8 Å². The number of aromatic nitrogens is 2. The van der Waals surface area contributed by atoms with Gasteiger partial charge < -0.3 is 9.64 Å². The maximum Gasteiger partial charge on any atom is 0.326 e. The second-order valence-electron chi connectivity index (χ2n) is 5.74. The first-order valence-electron chi connectivity index (χ1n) is 7.89. The highest BCUT2D eigenvalue weighted by molar-refractivity contribution is 7.07. The third kappa shape index (κ3) is 4.15. The Morgan fingerprint density at radius 2 is 2.08 bits per heavy atom. The van der Waals surface area contributed by atoms with Crippen molar-refractivity contribution in [3.8, 4) is 0 Å². The SMILES string of the molecule is CN(Cc1ccsc1)C(=O)COC(=O)Cn1cnc2ccccc2c1=O. The van der Waals surface area contributed by atoms with Crippen LogP contribution in [0, 0.1) is 0 Å². The van der Waals surface area contributed by atoms with Crippen molar-refractivity contribution in [3.63, 3.8) is 0 Å². The van der Waals surface area contributed by atoms with Crippen molar-refractivity contribution < 1.29 is 14.3 Å². The van der Waals surface area contributed by atoms with Gasteiger partial charge >= 0.3 is 5.97 Å². The molecule has 0 N–H and O–H groups in total. The molecule has 2 aromatic heterocycles. The average molecular weight is 371 g/mol. The van der Waals surface area contributed by atoms with Gasteiger partial charge in [0.25, 0.3) is 11.5 Å². The molecule has 3 rings (SSSR count). The molecule has 1 aromatic carbocycles. The fourth-order valence-corrected chi connectivity index (χ4v) is 3.06. The number of carbonyl (C=O) groups excluding carboxylic acids is 2. The Labute approximate surface area is 153 Å². The average Bonchev–Trinajstić information content (AvgIpc) is 3.15. The van der Waals surface area contributed by atoms with E-state index in [0.717, 1.165) is 5.56 Å². The molecule has 0 aliphatic rings. The van der Waals surface area contributed by atoms with Crippen molar-refractivity contribution in [1.29, 1.82) is 0 Å². The molecule has 0 saturated heterocycles. The number of thiophene rings is 1. The highest BCUT2D eigenvalue weighted by Gasteiger charge is 2.14. The fraction of sp³-hybridized carbons (Fsp3) is 0.222. The molecular formula is C18H17N3O4S. The predicted octanol–water partition coefficient (Wildman–Crippen LogP) is 1.66. The minimum atomic E-state index is -0.665. The lowest BCUT2D eigenvalue weighted by Gasteiger charge is -2.16. The number of esters is 1. The van der Waals surface area contributed by atoms with Gasteiger partial charge in [0, 0.05) is 13.6 Å². The number of amides is 1. The third-order valence-corrected chi connectivity index (χ3v) is 4.55. The van der Waals surface area contributed by atoms with Crippen LogP contribution in [-0.2, 0) is 27.4 Å². The van der Waals surface area contributed by atoms with Gasteiger partial charge in [-0.15, -0.1) is 0 Å². The van der Waals surface area contributed by atoms with Crippen LogP contribution in [0.25, 0.3) is 10.9 Å². The topological polar surface area (TPSA) is 81.5 Å². The van der Waals surface area contributed by atoms with Crippen LogP contribution in [-0.4, -0.2) is 40.0 Å². The first-order valence-corrected chi connectivity index (χ1v) is 8.83. The van der Waals surface area contributed by atoms with E-state index in [1.54, 1.807) is 42.6 Å². The molecule has 0 unspecified atom stereocenters. The zero-order valence-corrected chi connectivity index (χ0v) is 14.9. The number of nitrogens with zero attached hydrogens (tertiary/aromatic N) is 3. The number of carbonyl (C=O) groups is 2. The van der Waals surface area contributed by atoms with Crippen LogP contribution in [0.15, 0.2) is 52.2 Å². The fourth-order valence-electron chi connectivity index (χ4n) is 2.40. The largest absolute Gasteiger partial charge is 0.454 e. The van der Waals surface area contributed by atoms with E-state index < -0.39 is 5.97 Å². The van der Waals surface area contributed by atoms with E-state index in [0.29, 0.717) is 17.4 Å². The van der Waals surface area contributed by atoms with Gasteiger partial charge in [0.15, 0.2) is 6.61 Å². The molecule has 0 saturated carbocycles. The van der Waals surface area contributed by atoms with Crippen LogP contribution in [0.1, 0.15) is 5.56 Å². The van der Waals surface area contributed by atoms with E-state index in [-0.39, 0.29) is 24.6 Å². The zero-order chi connectivity index (χ0) is 18.5. The van der Waals surface area contributed by atoms with Crippen molar-refractivity contribution in [1.82, 2.24) is 14.5 Å². The summed E-state index contributed by atoms with van der Waals surface area (Å²) < 4.78 is 6.17. The Morgan fingerprint density at radius 1 is 1.27 bits per heavy atom. The lowest BCUT2D eigenvalue weighted by molar-refractivity contribution is -0.152. The summed E-state index contributed by atoms with van der Waals surface area (Å²) in [6.07, 6.45) is 1.30. The van der Waals surface area contributed by atoms with Crippen molar-refractivity contribution in [2.45, 2.75) is 13.1 Å². The highest BCUT2D eigenvalue weighted by atomic mass is 32.1. The van der Waals surface area contributed by atoms with Gasteiger partial charge in [-0.2, -0.15) is 11.3 Å². The summed E-state index contributed by atoms with van der Waals surface area (Å²) in [5, 5.41) is 4.31. The second-order valence-corrected chi connectivity index (χ2v) is 6.52. The number of hydrogen-bond acceptors (Lipinski definition) is 6. The van der Waals surface area contributed by atoms with Crippen LogP contribution in [0.5, 0.6) is 0 Å². The minimum Gasteiger partial charge on any atom is -0.454 e. The Bertz CT molecular complexity index is 982. The van der Waals surface area contributed by atoms with Crippen LogP contribution in [0.2, 0.25) is 0 Å². The van der Waals surface area contributed by atoms with Gasteiger partial charge in [-0.25, -0.2) is 4.98 Å². The molecule has 26 heavy (non-hydrogen) atoms. The lowest BCUT2D eigenvalue weighted by Crippen LogP contribution is -2.32. The van der Waals surface area contributed by atoms with Gasteiger partial charge in [-0.3, -0.25) is 19.0 Å². The first-order chi connectivity index (χ1) is 12.5.